The fraction of sp³-hybridized carbons (Fsp3) is 0.263. The predicted molar refractivity (Wildman–Crippen MR) is 88.4 cm³/mol. The van der Waals surface area contributed by atoms with Crippen LogP contribution in [-0.2, 0) is 11.8 Å². The molecule has 0 fully saturated rings. The van der Waals surface area contributed by atoms with Gasteiger partial charge in [0.2, 0.25) is 0 Å². The summed E-state index contributed by atoms with van der Waals surface area (Å²) < 4.78 is 24.5. The number of nitrogens with zero attached hydrogens (tertiary/aromatic N) is 1. The summed E-state index contributed by atoms with van der Waals surface area (Å²) in [7, 11) is 3.09. The SMILES string of the molecule is COc1cc2c(cc1OC)C(=O)C1(C2)C(C)=Nc2ccc(F)cc21. The van der Waals surface area contributed by atoms with Crippen LogP contribution in [0.2, 0.25) is 0 Å². The average Bonchev–Trinajstić information content (AvgIpc) is 3.02. The quantitative estimate of drug-likeness (QED) is 0.847. The highest BCUT2D eigenvalue weighted by atomic mass is 19.1. The monoisotopic (exact) mass is 325 g/mol. The van der Waals surface area contributed by atoms with Gasteiger partial charge in [-0.1, -0.05) is 0 Å². The number of benzene rings is 2. The maximum atomic E-state index is 13.8. The van der Waals surface area contributed by atoms with Crippen molar-refractivity contribution in [2.24, 2.45) is 4.99 Å². The van der Waals surface area contributed by atoms with Crippen molar-refractivity contribution >= 4 is 17.2 Å². The van der Waals surface area contributed by atoms with Gasteiger partial charge in [0.1, 0.15) is 11.2 Å². The first-order chi connectivity index (χ1) is 11.5. The second kappa shape index (κ2) is 4.90. The van der Waals surface area contributed by atoms with Crippen LogP contribution in [0.15, 0.2) is 35.3 Å². The molecule has 0 radical (unpaired) electrons. The van der Waals surface area contributed by atoms with Crippen molar-refractivity contribution in [3.63, 3.8) is 0 Å². The molecule has 1 aliphatic heterocycles. The lowest BCUT2D eigenvalue weighted by atomic mass is 9.74. The minimum atomic E-state index is -0.920. The number of carbonyl (C=O) groups is 1. The first-order valence-electron chi connectivity index (χ1n) is 7.66. The first kappa shape index (κ1) is 14.9. The molecule has 1 spiro atoms. The Balaban J connectivity index is 1.93. The molecule has 24 heavy (non-hydrogen) atoms. The number of ketones is 1. The highest BCUT2D eigenvalue weighted by Gasteiger charge is 2.53. The van der Waals surface area contributed by atoms with E-state index in [9.17, 15) is 9.18 Å². The molecule has 4 nitrogen and oxygen atoms in total. The second-order valence-corrected chi connectivity index (χ2v) is 6.13. The number of aliphatic imine (C=N–C) groups is 1. The van der Waals surface area contributed by atoms with E-state index in [0.29, 0.717) is 40.4 Å². The number of methoxy groups -OCH3 is 2. The van der Waals surface area contributed by atoms with E-state index in [0.717, 1.165) is 5.56 Å². The molecule has 1 aliphatic carbocycles. The molecule has 0 N–H and O–H groups in total. The van der Waals surface area contributed by atoms with Gasteiger partial charge in [0, 0.05) is 16.8 Å². The molecule has 1 unspecified atom stereocenters. The van der Waals surface area contributed by atoms with Crippen molar-refractivity contribution in [2.75, 3.05) is 14.2 Å². The number of Topliss-reactive ketones (excluding diaryl/α,β-unsaturated/α-hetero) is 1. The van der Waals surface area contributed by atoms with Gasteiger partial charge in [-0.2, -0.15) is 0 Å². The molecule has 2 aliphatic rings. The molecule has 5 heteroatoms. The first-order valence-corrected chi connectivity index (χ1v) is 7.66. The van der Waals surface area contributed by atoms with Crippen molar-refractivity contribution in [3.8, 4) is 11.5 Å². The Bertz CT molecular complexity index is 919. The maximum absolute atomic E-state index is 13.8. The Hall–Kier alpha value is -2.69. The van der Waals surface area contributed by atoms with Gasteiger partial charge in [0.15, 0.2) is 17.3 Å². The molecule has 0 saturated carbocycles. The fourth-order valence-corrected chi connectivity index (χ4v) is 3.80. The minimum Gasteiger partial charge on any atom is -0.493 e. The van der Waals surface area contributed by atoms with Crippen LogP contribution in [0, 0.1) is 5.82 Å². The number of hydrogen-bond donors (Lipinski definition) is 0. The summed E-state index contributed by atoms with van der Waals surface area (Å²) in [4.78, 5) is 17.8. The fourth-order valence-electron chi connectivity index (χ4n) is 3.80. The van der Waals surface area contributed by atoms with Crippen LogP contribution < -0.4 is 9.47 Å². The Morgan fingerprint density at radius 1 is 1.12 bits per heavy atom. The van der Waals surface area contributed by atoms with Gasteiger partial charge >= 0.3 is 0 Å². The summed E-state index contributed by atoms with van der Waals surface area (Å²) >= 11 is 0. The van der Waals surface area contributed by atoms with Crippen LogP contribution in [0.5, 0.6) is 11.5 Å². The van der Waals surface area contributed by atoms with E-state index in [-0.39, 0.29) is 11.6 Å². The number of rotatable bonds is 2. The zero-order valence-electron chi connectivity index (χ0n) is 13.6. The van der Waals surface area contributed by atoms with Crippen molar-refractivity contribution < 1.29 is 18.7 Å². The number of carbonyl (C=O) groups excluding carboxylic acids is 1. The molecule has 122 valence electrons. The Labute approximate surface area is 138 Å². The largest absolute Gasteiger partial charge is 0.493 e. The molecule has 0 aromatic heterocycles. The molecule has 0 bridgehead atoms. The zero-order chi connectivity index (χ0) is 17.1. The van der Waals surface area contributed by atoms with Crippen molar-refractivity contribution in [2.45, 2.75) is 18.8 Å². The number of fused-ring (bicyclic) bond motifs is 3. The third-order valence-electron chi connectivity index (χ3n) is 5.02. The lowest BCUT2D eigenvalue weighted by Crippen LogP contribution is -2.38. The zero-order valence-corrected chi connectivity index (χ0v) is 13.6. The predicted octanol–water partition coefficient (Wildman–Crippen LogP) is 3.63. The van der Waals surface area contributed by atoms with Crippen LogP contribution in [-0.4, -0.2) is 25.7 Å². The molecule has 1 heterocycles. The third-order valence-corrected chi connectivity index (χ3v) is 5.02. The van der Waals surface area contributed by atoms with Gasteiger partial charge in [-0.05, 0) is 49.2 Å². The van der Waals surface area contributed by atoms with Gasteiger partial charge in [0.25, 0.3) is 0 Å². The van der Waals surface area contributed by atoms with Crippen LogP contribution in [0.25, 0.3) is 0 Å². The van der Waals surface area contributed by atoms with E-state index in [1.807, 2.05) is 13.0 Å². The van der Waals surface area contributed by atoms with Gasteiger partial charge in [-0.3, -0.25) is 9.79 Å². The van der Waals surface area contributed by atoms with Crippen LogP contribution in [0.3, 0.4) is 0 Å². The topological polar surface area (TPSA) is 47.9 Å². The molecule has 2 aromatic rings. The molecule has 0 saturated heterocycles. The van der Waals surface area contributed by atoms with Crippen LogP contribution in [0.1, 0.15) is 28.4 Å². The lowest BCUT2D eigenvalue weighted by molar-refractivity contribution is 0.0946. The summed E-state index contributed by atoms with van der Waals surface area (Å²) in [5, 5.41) is 0. The molecule has 4 rings (SSSR count). The van der Waals surface area contributed by atoms with Crippen molar-refractivity contribution in [1.82, 2.24) is 0 Å². The molecule has 1 atom stereocenters. The number of ether oxygens (including phenoxy) is 2. The van der Waals surface area contributed by atoms with E-state index < -0.39 is 5.41 Å². The average molecular weight is 325 g/mol. The van der Waals surface area contributed by atoms with Crippen LogP contribution in [0.4, 0.5) is 10.1 Å². The highest BCUT2D eigenvalue weighted by molar-refractivity contribution is 6.26. The third kappa shape index (κ3) is 1.72. The summed E-state index contributed by atoms with van der Waals surface area (Å²) in [6, 6.07) is 7.95. The van der Waals surface area contributed by atoms with E-state index in [2.05, 4.69) is 4.99 Å². The second-order valence-electron chi connectivity index (χ2n) is 6.13. The number of hydrogen-bond acceptors (Lipinski definition) is 4. The smallest absolute Gasteiger partial charge is 0.179 e. The molecule has 0 amide bonds. The highest BCUT2D eigenvalue weighted by Crippen LogP contribution is 2.50. The van der Waals surface area contributed by atoms with Gasteiger partial charge in [0.05, 0.1) is 19.9 Å². The molecular weight excluding hydrogens is 309 g/mol. The van der Waals surface area contributed by atoms with E-state index in [1.54, 1.807) is 19.2 Å². The Morgan fingerprint density at radius 3 is 2.54 bits per heavy atom. The van der Waals surface area contributed by atoms with E-state index in [4.69, 9.17) is 9.47 Å². The van der Waals surface area contributed by atoms with E-state index >= 15 is 0 Å². The van der Waals surface area contributed by atoms with Crippen LogP contribution >= 0.6 is 0 Å². The maximum Gasteiger partial charge on any atom is 0.179 e. The lowest BCUT2D eigenvalue weighted by Gasteiger charge is -2.23. The summed E-state index contributed by atoms with van der Waals surface area (Å²) in [6.45, 7) is 1.83. The summed E-state index contributed by atoms with van der Waals surface area (Å²) in [5.41, 5.74) is 2.52. The summed E-state index contributed by atoms with van der Waals surface area (Å²) in [5.74, 6) is 0.655. The van der Waals surface area contributed by atoms with Gasteiger partial charge < -0.3 is 9.47 Å². The number of halogens is 1. The molecular formula is C19H16FNO3. The standard InChI is InChI=1S/C19H16FNO3/c1-10-19(14-7-12(20)4-5-15(14)21-10)9-11-6-16(23-2)17(24-3)8-13(11)18(19)22/h4-8H,9H2,1-3H3. The van der Waals surface area contributed by atoms with Gasteiger partial charge in [-0.15, -0.1) is 0 Å². The Morgan fingerprint density at radius 2 is 1.83 bits per heavy atom. The van der Waals surface area contributed by atoms with Gasteiger partial charge in [-0.25, -0.2) is 4.39 Å². The van der Waals surface area contributed by atoms with E-state index in [1.165, 1.54) is 19.2 Å². The van der Waals surface area contributed by atoms with Crippen molar-refractivity contribution in [1.29, 1.82) is 0 Å². The normalized spacial score (nSPS) is 20.8. The summed E-state index contributed by atoms with van der Waals surface area (Å²) in [6.07, 6.45) is 0.452. The Kier molecular flexibility index (Phi) is 3.04. The molecule has 2 aromatic carbocycles. The van der Waals surface area contributed by atoms with Crippen molar-refractivity contribution in [3.05, 3.63) is 52.8 Å². The minimum absolute atomic E-state index is 0.0657.